The molecule has 0 radical (unpaired) electrons. The molecule has 0 saturated carbocycles. The molecule has 2 unspecified atom stereocenters. The van der Waals surface area contributed by atoms with Crippen LogP contribution in [-0.4, -0.2) is 39.4 Å². The Morgan fingerprint density at radius 1 is 1.50 bits per heavy atom. The largest absolute Gasteiger partial charge is 0.396 e. The third kappa shape index (κ3) is 3.79. The molecule has 2 atom stereocenters. The minimum Gasteiger partial charge on any atom is -0.396 e. The molecule has 0 amide bonds. The first kappa shape index (κ1) is 15.9. The van der Waals surface area contributed by atoms with Crippen molar-refractivity contribution < 1.29 is 18.3 Å². The molecule has 1 saturated heterocycles. The van der Waals surface area contributed by atoms with Crippen molar-refractivity contribution >= 4 is 21.4 Å². The Labute approximate surface area is 124 Å². The molecule has 20 heavy (non-hydrogen) atoms. The van der Waals surface area contributed by atoms with Crippen molar-refractivity contribution in [3.63, 3.8) is 0 Å². The van der Waals surface area contributed by atoms with E-state index in [-0.39, 0.29) is 18.6 Å². The fourth-order valence-electron chi connectivity index (χ4n) is 2.41. The third-order valence-electron chi connectivity index (χ3n) is 3.54. The third-order valence-corrected chi connectivity index (χ3v) is 6.60. The zero-order valence-corrected chi connectivity index (χ0v) is 13.2. The molecule has 114 valence electrons. The predicted molar refractivity (Wildman–Crippen MR) is 78.4 cm³/mol. The zero-order valence-electron chi connectivity index (χ0n) is 11.5. The van der Waals surface area contributed by atoms with Gasteiger partial charge in [0.1, 0.15) is 4.21 Å². The maximum atomic E-state index is 12.2. The average Bonchev–Trinajstić information content (AvgIpc) is 3.05. The summed E-state index contributed by atoms with van der Waals surface area (Å²) in [5.74, 6) is 0.256. The van der Waals surface area contributed by atoms with Gasteiger partial charge in [0, 0.05) is 37.0 Å². The van der Waals surface area contributed by atoms with E-state index in [0.717, 1.165) is 17.7 Å². The molecule has 0 bridgehead atoms. The minimum absolute atomic E-state index is 0.0328. The van der Waals surface area contributed by atoms with Gasteiger partial charge in [-0.05, 0) is 25.0 Å². The number of nitrogens with one attached hydrogen (secondary N) is 1. The molecular formula is C13H21NO4S2. The van der Waals surface area contributed by atoms with E-state index in [4.69, 9.17) is 9.84 Å². The second-order valence-electron chi connectivity index (χ2n) is 4.91. The topological polar surface area (TPSA) is 75.6 Å². The average molecular weight is 319 g/mol. The molecular weight excluding hydrogens is 298 g/mol. The van der Waals surface area contributed by atoms with Gasteiger partial charge >= 0.3 is 0 Å². The Morgan fingerprint density at radius 3 is 3.00 bits per heavy atom. The molecule has 1 aliphatic rings. The molecule has 2 rings (SSSR count). The van der Waals surface area contributed by atoms with Crippen LogP contribution in [0.5, 0.6) is 0 Å². The van der Waals surface area contributed by atoms with Crippen LogP contribution in [0.2, 0.25) is 0 Å². The van der Waals surface area contributed by atoms with Gasteiger partial charge < -0.3 is 9.84 Å². The molecule has 2 N–H and O–H groups in total. The first-order valence-corrected chi connectivity index (χ1v) is 9.17. The van der Waals surface area contributed by atoms with E-state index in [0.29, 0.717) is 23.8 Å². The number of hydrogen-bond donors (Lipinski definition) is 2. The van der Waals surface area contributed by atoms with Gasteiger partial charge in [0.25, 0.3) is 0 Å². The fraction of sp³-hybridized carbons (Fsp3) is 0.692. The van der Waals surface area contributed by atoms with Crippen LogP contribution >= 0.6 is 11.3 Å². The van der Waals surface area contributed by atoms with E-state index in [1.807, 2.05) is 0 Å². The van der Waals surface area contributed by atoms with E-state index in [1.165, 1.54) is 11.3 Å². The number of sulfonamides is 1. The number of thiophene rings is 1. The second-order valence-corrected chi connectivity index (χ2v) is 8.07. The molecule has 0 spiro atoms. The van der Waals surface area contributed by atoms with Gasteiger partial charge in [0.15, 0.2) is 0 Å². The predicted octanol–water partition coefficient (Wildman–Crippen LogP) is 1.38. The lowest BCUT2D eigenvalue weighted by Crippen LogP contribution is -2.32. The number of aliphatic hydroxyl groups excluding tert-OH is 1. The van der Waals surface area contributed by atoms with Crippen LogP contribution in [0.1, 0.15) is 24.6 Å². The molecule has 1 fully saturated rings. The van der Waals surface area contributed by atoms with Crippen LogP contribution in [0.15, 0.2) is 16.3 Å². The summed E-state index contributed by atoms with van der Waals surface area (Å²) in [6.45, 7) is 3.22. The lowest BCUT2D eigenvalue weighted by Gasteiger charge is -2.16. The maximum absolute atomic E-state index is 12.2. The van der Waals surface area contributed by atoms with Gasteiger partial charge in [-0.25, -0.2) is 13.1 Å². The highest BCUT2D eigenvalue weighted by Gasteiger charge is 2.28. The van der Waals surface area contributed by atoms with Crippen LogP contribution in [0.3, 0.4) is 0 Å². The summed E-state index contributed by atoms with van der Waals surface area (Å²) in [4.78, 5) is 0.878. The smallest absolute Gasteiger partial charge is 0.250 e. The summed E-state index contributed by atoms with van der Waals surface area (Å²) >= 11 is 1.21. The van der Waals surface area contributed by atoms with Crippen LogP contribution in [0, 0.1) is 5.92 Å². The quantitative estimate of drug-likeness (QED) is 0.796. The standard InChI is InChI=1S/C13H21NO4S2/c1-2-12-10(6-8-18-12)9-14-20(16,17)13-4-3-11(19-13)5-7-15/h3-4,10,12,14-15H,2,5-9H2,1H3. The second kappa shape index (κ2) is 7.00. The summed E-state index contributed by atoms with van der Waals surface area (Å²) < 4.78 is 32.9. The highest BCUT2D eigenvalue weighted by molar-refractivity contribution is 7.91. The van der Waals surface area contributed by atoms with Crippen molar-refractivity contribution in [3.05, 3.63) is 17.0 Å². The van der Waals surface area contributed by atoms with Crippen LogP contribution < -0.4 is 4.72 Å². The van der Waals surface area contributed by atoms with Crippen molar-refractivity contribution in [2.45, 2.75) is 36.5 Å². The van der Waals surface area contributed by atoms with Gasteiger partial charge in [0.05, 0.1) is 6.10 Å². The monoisotopic (exact) mass is 319 g/mol. The molecule has 1 aliphatic heterocycles. The summed E-state index contributed by atoms with van der Waals surface area (Å²) in [6, 6.07) is 3.35. The normalized spacial score (nSPS) is 23.3. The first-order valence-electron chi connectivity index (χ1n) is 6.87. The summed E-state index contributed by atoms with van der Waals surface area (Å²) in [7, 11) is -3.45. The molecule has 7 heteroatoms. The van der Waals surface area contributed by atoms with Crippen LogP contribution in [-0.2, 0) is 21.2 Å². The Bertz CT molecular complexity index is 526. The zero-order chi connectivity index (χ0) is 14.6. The highest BCUT2D eigenvalue weighted by Crippen LogP contribution is 2.25. The molecule has 1 aromatic heterocycles. The van der Waals surface area contributed by atoms with Gasteiger partial charge in [-0.15, -0.1) is 11.3 Å². The maximum Gasteiger partial charge on any atom is 0.250 e. The van der Waals surface area contributed by atoms with Crippen LogP contribution in [0.25, 0.3) is 0 Å². The number of rotatable bonds is 7. The molecule has 2 heterocycles. The molecule has 5 nitrogen and oxygen atoms in total. The van der Waals surface area contributed by atoms with Gasteiger partial charge in [0.2, 0.25) is 10.0 Å². The first-order chi connectivity index (χ1) is 9.56. The minimum atomic E-state index is -3.45. The van der Waals surface area contributed by atoms with Gasteiger partial charge in [-0.1, -0.05) is 6.92 Å². The Hall–Kier alpha value is -0.470. The Kier molecular flexibility index (Phi) is 5.57. The molecule has 0 aliphatic carbocycles. The summed E-state index contributed by atoms with van der Waals surface area (Å²) in [6.07, 6.45) is 2.47. The van der Waals surface area contributed by atoms with E-state index in [1.54, 1.807) is 12.1 Å². The lowest BCUT2D eigenvalue weighted by atomic mass is 10.0. The SMILES string of the molecule is CCC1OCCC1CNS(=O)(=O)c1ccc(CCO)s1. The molecule has 1 aromatic rings. The summed E-state index contributed by atoms with van der Waals surface area (Å²) in [5, 5.41) is 8.86. The molecule has 0 aromatic carbocycles. The van der Waals surface area contributed by atoms with Crippen molar-refractivity contribution in [2.75, 3.05) is 19.8 Å². The Balaban J connectivity index is 1.96. The van der Waals surface area contributed by atoms with E-state index in [2.05, 4.69) is 11.6 Å². The van der Waals surface area contributed by atoms with Gasteiger partial charge in [-0.2, -0.15) is 0 Å². The fourth-order valence-corrected chi connectivity index (χ4v) is 4.90. The number of ether oxygens (including phenoxy) is 1. The van der Waals surface area contributed by atoms with Crippen molar-refractivity contribution in [2.24, 2.45) is 5.92 Å². The number of aliphatic hydroxyl groups is 1. The van der Waals surface area contributed by atoms with Crippen molar-refractivity contribution in [1.82, 2.24) is 4.72 Å². The van der Waals surface area contributed by atoms with E-state index in [9.17, 15) is 8.42 Å². The lowest BCUT2D eigenvalue weighted by molar-refractivity contribution is 0.0884. The number of hydrogen-bond acceptors (Lipinski definition) is 5. The van der Waals surface area contributed by atoms with Crippen molar-refractivity contribution in [1.29, 1.82) is 0 Å². The van der Waals surface area contributed by atoms with Crippen LogP contribution in [0.4, 0.5) is 0 Å². The van der Waals surface area contributed by atoms with Gasteiger partial charge in [-0.3, -0.25) is 0 Å². The van der Waals surface area contributed by atoms with E-state index < -0.39 is 10.0 Å². The van der Waals surface area contributed by atoms with E-state index >= 15 is 0 Å². The highest BCUT2D eigenvalue weighted by atomic mass is 32.2. The Morgan fingerprint density at radius 2 is 2.30 bits per heavy atom. The van der Waals surface area contributed by atoms with Crippen molar-refractivity contribution in [3.8, 4) is 0 Å². The summed E-state index contributed by atoms with van der Waals surface area (Å²) in [5.41, 5.74) is 0.